The fraction of sp³-hybridized carbons (Fsp3) is 0.333. The van der Waals surface area contributed by atoms with Crippen LogP contribution < -0.4 is 0 Å². The Bertz CT molecular complexity index is 293. The molecule has 0 atom stereocenters. The van der Waals surface area contributed by atoms with Crippen molar-refractivity contribution >= 4 is 27.7 Å². The van der Waals surface area contributed by atoms with Gasteiger partial charge in [0.2, 0.25) is 0 Å². The summed E-state index contributed by atoms with van der Waals surface area (Å²) in [5.41, 5.74) is 1.18. The third-order valence-corrected chi connectivity index (χ3v) is 4.88. The molecule has 1 aromatic rings. The zero-order valence-corrected chi connectivity index (χ0v) is 10.5. The highest BCUT2D eigenvalue weighted by Gasteiger charge is 2.11. The summed E-state index contributed by atoms with van der Waals surface area (Å²) in [5, 5.41) is 0. The van der Waals surface area contributed by atoms with E-state index >= 15 is 0 Å². The summed E-state index contributed by atoms with van der Waals surface area (Å²) < 4.78 is 0.307. The maximum absolute atomic E-state index is 3.73. The fourth-order valence-corrected chi connectivity index (χ4v) is 2.80. The van der Waals surface area contributed by atoms with Gasteiger partial charge >= 0.3 is 0 Å². The van der Waals surface area contributed by atoms with Gasteiger partial charge in [-0.25, -0.2) is 0 Å². The highest BCUT2D eigenvalue weighted by molar-refractivity contribution is 8.77. The molecule has 0 amide bonds. The van der Waals surface area contributed by atoms with Crippen LogP contribution in [0, 0.1) is 0 Å². The van der Waals surface area contributed by atoms with E-state index in [-0.39, 0.29) is 0 Å². The molecule has 0 aliphatic heterocycles. The number of rotatable bonds is 3. The van der Waals surface area contributed by atoms with Gasteiger partial charge in [0, 0.05) is 9.64 Å². The van der Waals surface area contributed by atoms with Crippen LogP contribution in [-0.4, -0.2) is 4.75 Å². The first kappa shape index (κ1) is 11.7. The Balaban J connectivity index is 2.56. The molecule has 2 heteroatoms. The molecule has 0 radical (unpaired) electrons. The van der Waals surface area contributed by atoms with E-state index < -0.39 is 0 Å². The summed E-state index contributed by atoms with van der Waals surface area (Å²) in [6.07, 6.45) is 1.87. The highest BCUT2D eigenvalue weighted by atomic mass is 33.1. The molecular formula is C12H16S2. The van der Waals surface area contributed by atoms with Gasteiger partial charge in [0.25, 0.3) is 0 Å². The molecule has 0 fully saturated rings. The van der Waals surface area contributed by atoms with Crippen LogP contribution in [0.15, 0.2) is 35.7 Å². The maximum Gasteiger partial charge on any atom is 0.0183 e. The normalized spacial score (nSPS) is 11.4. The lowest BCUT2D eigenvalue weighted by Crippen LogP contribution is -2.04. The van der Waals surface area contributed by atoms with Crippen molar-refractivity contribution in [3.05, 3.63) is 36.4 Å². The average Bonchev–Trinajstić information content (AvgIpc) is 2.14. The summed E-state index contributed by atoms with van der Waals surface area (Å²) >= 11 is 0. The van der Waals surface area contributed by atoms with Crippen molar-refractivity contribution in [1.82, 2.24) is 0 Å². The van der Waals surface area contributed by atoms with Crippen molar-refractivity contribution in [2.45, 2.75) is 30.4 Å². The van der Waals surface area contributed by atoms with Crippen molar-refractivity contribution in [1.29, 1.82) is 0 Å². The van der Waals surface area contributed by atoms with Gasteiger partial charge in [-0.1, -0.05) is 67.1 Å². The fourth-order valence-electron chi connectivity index (χ4n) is 0.833. The first-order chi connectivity index (χ1) is 6.51. The lowest BCUT2D eigenvalue weighted by molar-refractivity contribution is 0.810. The van der Waals surface area contributed by atoms with Gasteiger partial charge in [-0.05, 0) is 17.7 Å². The predicted octanol–water partition coefficient (Wildman–Crippen LogP) is 4.87. The number of benzene rings is 1. The Hall–Kier alpha value is -0.340. The van der Waals surface area contributed by atoms with Crippen LogP contribution in [0.1, 0.15) is 26.3 Å². The molecule has 1 aromatic carbocycles. The molecule has 0 unspecified atom stereocenters. The molecule has 0 nitrogen and oxygen atoms in total. The minimum absolute atomic E-state index is 0.307. The van der Waals surface area contributed by atoms with Gasteiger partial charge in [0.1, 0.15) is 0 Å². The smallest absolute Gasteiger partial charge is 0.0183 e. The van der Waals surface area contributed by atoms with E-state index in [0.29, 0.717) is 4.75 Å². The first-order valence-corrected chi connectivity index (χ1v) is 6.74. The summed E-state index contributed by atoms with van der Waals surface area (Å²) in [6.45, 7) is 10.4. The van der Waals surface area contributed by atoms with Gasteiger partial charge in [0.15, 0.2) is 0 Å². The van der Waals surface area contributed by atoms with Crippen molar-refractivity contribution in [2.75, 3.05) is 0 Å². The molecule has 0 bridgehead atoms. The molecule has 0 heterocycles. The van der Waals surface area contributed by atoms with E-state index in [2.05, 4.69) is 51.6 Å². The summed E-state index contributed by atoms with van der Waals surface area (Å²) in [6, 6.07) is 8.47. The van der Waals surface area contributed by atoms with Crippen LogP contribution in [0.3, 0.4) is 0 Å². The molecule has 0 N–H and O–H groups in total. The average molecular weight is 224 g/mol. The molecule has 0 aliphatic rings. The minimum Gasteiger partial charge on any atom is -0.0985 e. The van der Waals surface area contributed by atoms with Gasteiger partial charge in [-0.15, -0.1) is 0 Å². The Labute approximate surface area is 94.6 Å². The lowest BCUT2D eigenvalue weighted by Gasteiger charge is -2.16. The van der Waals surface area contributed by atoms with Crippen LogP contribution in [0.4, 0.5) is 0 Å². The van der Waals surface area contributed by atoms with E-state index in [1.807, 2.05) is 27.7 Å². The third-order valence-electron chi connectivity index (χ3n) is 1.50. The van der Waals surface area contributed by atoms with Crippen LogP contribution >= 0.6 is 21.6 Å². The van der Waals surface area contributed by atoms with Crippen molar-refractivity contribution in [2.24, 2.45) is 0 Å². The summed E-state index contributed by atoms with van der Waals surface area (Å²) in [4.78, 5) is 1.30. The number of hydrogen-bond donors (Lipinski definition) is 0. The molecule has 76 valence electrons. The topological polar surface area (TPSA) is 0 Å². The zero-order valence-electron chi connectivity index (χ0n) is 8.91. The lowest BCUT2D eigenvalue weighted by atomic mass is 10.2. The zero-order chi connectivity index (χ0) is 10.6. The molecular weight excluding hydrogens is 208 g/mol. The van der Waals surface area contributed by atoms with E-state index in [0.717, 1.165) is 0 Å². The summed E-state index contributed by atoms with van der Waals surface area (Å²) in [7, 11) is 3.72. The molecule has 0 aromatic heterocycles. The van der Waals surface area contributed by atoms with Crippen molar-refractivity contribution < 1.29 is 0 Å². The van der Waals surface area contributed by atoms with E-state index in [4.69, 9.17) is 0 Å². The Morgan fingerprint density at radius 2 is 1.71 bits per heavy atom. The second-order valence-corrected chi connectivity index (χ2v) is 7.08. The first-order valence-electron chi connectivity index (χ1n) is 4.59. The van der Waals surface area contributed by atoms with Crippen LogP contribution in [0.5, 0.6) is 0 Å². The monoisotopic (exact) mass is 224 g/mol. The number of hydrogen-bond acceptors (Lipinski definition) is 2. The Morgan fingerprint density at radius 3 is 2.14 bits per heavy atom. The molecule has 14 heavy (non-hydrogen) atoms. The van der Waals surface area contributed by atoms with Crippen molar-refractivity contribution in [3.63, 3.8) is 0 Å². The largest absolute Gasteiger partial charge is 0.0985 e. The third kappa shape index (κ3) is 4.25. The van der Waals surface area contributed by atoms with E-state index in [9.17, 15) is 0 Å². The Kier molecular flexibility index (Phi) is 4.14. The van der Waals surface area contributed by atoms with Crippen LogP contribution in [0.25, 0.3) is 6.08 Å². The molecule has 0 aliphatic carbocycles. The predicted molar refractivity (Wildman–Crippen MR) is 69.7 cm³/mol. The quantitative estimate of drug-likeness (QED) is 0.672. The molecule has 1 rings (SSSR count). The van der Waals surface area contributed by atoms with Gasteiger partial charge < -0.3 is 0 Å². The molecule has 0 spiro atoms. The van der Waals surface area contributed by atoms with Gasteiger partial charge in [-0.3, -0.25) is 0 Å². The second-order valence-electron chi connectivity index (χ2n) is 4.05. The van der Waals surface area contributed by atoms with E-state index in [1.54, 1.807) is 0 Å². The standard InChI is InChI=1S/C12H16S2/c1-5-10-6-8-11(9-7-10)13-14-12(2,3)4/h5-9H,1H2,2-4H3. The maximum atomic E-state index is 3.73. The summed E-state index contributed by atoms with van der Waals surface area (Å²) in [5.74, 6) is 0. The van der Waals surface area contributed by atoms with Crippen molar-refractivity contribution in [3.8, 4) is 0 Å². The minimum atomic E-state index is 0.307. The highest BCUT2D eigenvalue weighted by Crippen LogP contribution is 2.40. The molecule has 0 saturated carbocycles. The van der Waals surface area contributed by atoms with Gasteiger partial charge in [0.05, 0.1) is 0 Å². The van der Waals surface area contributed by atoms with Crippen LogP contribution in [0.2, 0.25) is 0 Å². The van der Waals surface area contributed by atoms with E-state index in [1.165, 1.54) is 10.5 Å². The second kappa shape index (κ2) is 4.94. The SMILES string of the molecule is C=Cc1ccc(SSC(C)(C)C)cc1. The van der Waals surface area contributed by atoms with Gasteiger partial charge in [-0.2, -0.15) is 0 Å². The van der Waals surface area contributed by atoms with Crippen LogP contribution in [-0.2, 0) is 0 Å². The Morgan fingerprint density at radius 1 is 1.14 bits per heavy atom. The molecule has 0 saturated heterocycles.